The Bertz CT molecular complexity index is 846. The van der Waals surface area contributed by atoms with Crippen molar-refractivity contribution in [2.24, 2.45) is 0 Å². The van der Waals surface area contributed by atoms with Gasteiger partial charge in [-0.1, -0.05) is 59.6 Å². The summed E-state index contributed by atoms with van der Waals surface area (Å²) in [4.78, 5) is 0. The minimum atomic E-state index is -7.29. The molecule has 0 N–H and O–H groups in total. The molecule has 2 rings (SSSR count). The summed E-state index contributed by atoms with van der Waals surface area (Å²) in [6.07, 6.45) is -7.11. The third-order valence-corrected chi connectivity index (χ3v) is 4.73. The largest absolute Gasteiger partial charge is 0.460 e. The molecule has 0 fully saturated rings. The van der Waals surface area contributed by atoms with Crippen molar-refractivity contribution in [3.8, 4) is 0 Å². The van der Waals surface area contributed by atoms with E-state index in [1.54, 1.807) is 0 Å². The second-order valence-corrected chi connectivity index (χ2v) is 6.65. The molecular formula is C17H8Cl2F10. The minimum Gasteiger partial charge on any atom is -0.226 e. The quantitative estimate of drug-likeness (QED) is 0.391. The van der Waals surface area contributed by atoms with Crippen molar-refractivity contribution in [1.82, 2.24) is 0 Å². The lowest BCUT2D eigenvalue weighted by Gasteiger charge is -2.42. The van der Waals surface area contributed by atoms with E-state index in [0.717, 1.165) is 36.4 Å². The molecular weight excluding hydrogens is 465 g/mol. The van der Waals surface area contributed by atoms with E-state index in [1.807, 2.05) is 0 Å². The minimum absolute atomic E-state index is 0.446. The summed E-state index contributed by atoms with van der Waals surface area (Å²) in [7, 11) is 0. The van der Waals surface area contributed by atoms with Crippen LogP contribution in [0.4, 0.5) is 43.9 Å². The molecule has 0 saturated carbocycles. The summed E-state index contributed by atoms with van der Waals surface area (Å²) < 4.78 is 138. The highest BCUT2D eigenvalue weighted by molar-refractivity contribution is 6.32. The molecule has 0 nitrogen and oxygen atoms in total. The van der Waals surface area contributed by atoms with Gasteiger partial charge in [-0.15, -0.1) is 0 Å². The zero-order valence-electron chi connectivity index (χ0n) is 13.7. The summed E-state index contributed by atoms with van der Waals surface area (Å²) in [6, 6.07) is 6.25. The average Bonchev–Trinajstić information content (AvgIpc) is 2.60. The molecule has 0 radical (unpaired) electrons. The highest BCUT2D eigenvalue weighted by atomic mass is 35.5. The molecule has 0 aliphatic carbocycles. The van der Waals surface area contributed by atoms with Crippen LogP contribution in [0, 0.1) is 0 Å². The van der Waals surface area contributed by atoms with Crippen LogP contribution >= 0.6 is 23.2 Å². The number of rotatable bonds is 5. The Labute approximate surface area is 167 Å². The van der Waals surface area contributed by atoms with Gasteiger partial charge < -0.3 is 0 Å². The molecule has 0 aliphatic rings. The van der Waals surface area contributed by atoms with E-state index in [-0.39, 0.29) is 0 Å². The zero-order valence-corrected chi connectivity index (χ0v) is 15.2. The fourth-order valence-corrected chi connectivity index (χ4v) is 3.09. The molecule has 2 aromatic carbocycles. The van der Waals surface area contributed by atoms with Crippen molar-refractivity contribution in [2.45, 2.75) is 29.6 Å². The third kappa shape index (κ3) is 3.34. The summed E-state index contributed by atoms with van der Waals surface area (Å²) in [6.45, 7) is 0. The van der Waals surface area contributed by atoms with Crippen LogP contribution in [0.2, 0.25) is 10.0 Å². The van der Waals surface area contributed by atoms with E-state index < -0.39 is 50.8 Å². The Balaban J connectivity index is 2.93. The molecule has 160 valence electrons. The van der Waals surface area contributed by atoms with Crippen LogP contribution in [-0.4, -0.2) is 23.9 Å². The van der Waals surface area contributed by atoms with Gasteiger partial charge in [-0.3, -0.25) is 0 Å². The lowest BCUT2D eigenvalue weighted by atomic mass is 9.78. The Morgan fingerprint density at radius 3 is 1.14 bits per heavy atom. The summed E-state index contributed by atoms with van der Waals surface area (Å²) in [5.74, 6) is -21.2. The van der Waals surface area contributed by atoms with Gasteiger partial charge in [0.2, 0.25) is 5.67 Å². The molecule has 12 heteroatoms. The summed E-state index contributed by atoms with van der Waals surface area (Å²) in [5, 5.41) is -1.86. The van der Waals surface area contributed by atoms with Crippen molar-refractivity contribution in [2.75, 3.05) is 0 Å². The summed E-state index contributed by atoms with van der Waals surface area (Å²) in [5.41, 5.74) is -7.91. The van der Waals surface area contributed by atoms with Gasteiger partial charge in [-0.05, 0) is 12.1 Å². The van der Waals surface area contributed by atoms with Gasteiger partial charge in [0.1, 0.15) is 0 Å². The van der Waals surface area contributed by atoms with Gasteiger partial charge in [-0.2, -0.15) is 39.5 Å². The number of hydrogen-bond acceptors (Lipinski definition) is 0. The van der Waals surface area contributed by atoms with Crippen LogP contribution in [0.15, 0.2) is 48.5 Å². The van der Waals surface area contributed by atoms with Crippen LogP contribution < -0.4 is 0 Å². The van der Waals surface area contributed by atoms with Crippen molar-refractivity contribution in [1.29, 1.82) is 0 Å². The van der Waals surface area contributed by atoms with E-state index in [4.69, 9.17) is 23.2 Å². The number of benzene rings is 2. The van der Waals surface area contributed by atoms with Gasteiger partial charge in [0.05, 0.1) is 0 Å². The number of halogens is 12. The second-order valence-electron chi connectivity index (χ2n) is 5.84. The Morgan fingerprint density at radius 2 is 0.828 bits per heavy atom. The van der Waals surface area contributed by atoms with Crippen LogP contribution in [0.5, 0.6) is 0 Å². The highest BCUT2D eigenvalue weighted by Gasteiger charge is 2.86. The molecule has 0 aromatic heterocycles. The zero-order chi connectivity index (χ0) is 22.5. The normalized spacial score (nSPS) is 14.2. The van der Waals surface area contributed by atoms with Crippen LogP contribution in [0.25, 0.3) is 0 Å². The van der Waals surface area contributed by atoms with Crippen molar-refractivity contribution in [3.63, 3.8) is 0 Å². The predicted molar refractivity (Wildman–Crippen MR) is 85.7 cm³/mol. The number of hydrogen-bond donors (Lipinski definition) is 0. The first kappa shape index (κ1) is 23.6. The first-order valence-corrected chi connectivity index (χ1v) is 8.18. The first-order chi connectivity index (χ1) is 13.0. The first-order valence-electron chi connectivity index (χ1n) is 7.42. The van der Waals surface area contributed by atoms with Gasteiger partial charge >= 0.3 is 23.9 Å². The molecule has 0 aliphatic heterocycles. The predicted octanol–water partition coefficient (Wildman–Crippen LogP) is 7.67. The average molecular weight is 473 g/mol. The maximum atomic E-state index is 15.9. The highest BCUT2D eigenvalue weighted by Crippen LogP contribution is 2.62. The maximum absolute atomic E-state index is 15.9. The summed E-state index contributed by atoms with van der Waals surface area (Å²) >= 11 is 11.2. The monoisotopic (exact) mass is 472 g/mol. The van der Waals surface area contributed by atoms with E-state index in [9.17, 15) is 39.5 Å². The SMILES string of the molecule is FC(F)(F)C(F)(F)C(F)(F)C(F)(F)C(F)(c1ccccc1Cl)c1ccccc1Cl. The van der Waals surface area contributed by atoms with Crippen molar-refractivity contribution in [3.05, 3.63) is 69.7 Å². The van der Waals surface area contributed by atoms with E-state index in [0.29, 0.717) is 12.1 Å². The maximum Gasteiger partial charge on any atom is 0.460 e. The van der Waals surface area contributed by atoms with Gasteiger partial charge in [0.25, 0.3) is 0 Å². The van der Waals surface area contributed by atoms with Crippen LogP contribution in [0.3, 0.4) is 0 Å². The Morgan fingerprint density at radius 1 is 0.483 bits per heavy atom. The lowest BCUT2D eigenvalue weighted by molar-refractivity contribution is -0.410. The molecule has 0 atom stereocenters. The van der Waals surface area contributed by atoms with Gasteiger partial charge in [-0.25, -0.2) is 4.39 Å². The van der Waals surface area contributed by atoms with E-state index in [1.165, 1.54) is 0 Å². The van der Waals surface area contributed by atoms with Gasteiger partial charge in [0.15, 0.2) is 0 Å². The van der Waals surface area contributed by atoms with E-state index in [2.05, 4.69) is 0 Å². The molecule has 0 amide bonds. The molecule has 0 spiro atoms. The van der Waals surface area contributed by atoms with E-state index >= 15 is 4.39 Å². The lowest BCUT2D eigenvalue weighted by Crippen LogP contribution is -2.66. The fourth-order valence-electron chi connectivity index (χ4n) is 2.56. The molecule has 2 aromatic rings. The molecule has 29 heavy (non-hydrogen) atoms. The fraction of sp³-hybridized carbons (Fsp3) is 0.294. The standard InChI is InChI=1S/C17H8Cl2F10/c18-11-7-3-1-5-9(11)13(20,10-6-2-4-8-12(10)19)14(21,22)15(23,24)16(25,26)17(27,28)29/h1-8H. The van der Waals surface area contributed by atoms with Crippen LogP contribution in [-0.2, 0) is 5.67 Å². The molecule has 0 heterocycles. The second kappa shape index (κ2) is 7.23. The Kier molecular flexibility index (Phi) is 5.88. The van der Waals surface area contributed by atoms with Crippen molar-refractivity contribution < 1.29 is 43.9 Å². The molecule has 0 saturated heterocycles. The third-order valence-electron chi connectivity index (χ3n) is 4.07. The number of alkyl halides is 10. The molecule has 0 unspecified atom stereocenters. The smallest absolute Gasteiger partial charge is 0.226 e. The molecule has 0 bridgehead atoms. The Hall–Kier alpha value is -1.68. The van der Waals surface area contributed by atoms with Crippen LogP contribution in [0.1, 0.15) is 11.1 Å². The van der Waals surface area contributed by atoms with Gasteiger partial charge in [0, 0.05) is 21.2 Å². The van der Waals surface area contributed by atoms with Crippen molar-refractivity contribution >= 4 is 23.2 Å². The topological polar surface area (TPSA) is 0 Å².